The molecule has 7 nitrogen and oxygen atoms in total. The highest BCUT2D eigenvalue weighted by Gasteiger charge is 2.11. The van der Waals surface area contributed by atoms with Gasteiger partial charge in [-0.2, -0.15) is 10.1 Å². The Morgan fingerprint density at radius 3 is 2.57 bits per heavy atom. The molecular formula is C20H22ClN5O2. The van der Waals surface area contributed by atoms with Gasteiger partial charge in [0.2, 0.25) is 5.95 Å². The summed E-state index contributed by atoms with van der Waals surface area (Å²) in [5, 5.41) is 15.0. The molecule has 0 saturated carbocycles. The topological polar surface area (TPSA) is 81.2 Å². The lowest BCUT2D eigenvalue weighted by Gasteiger charge is -2.15. The van der Waals surface area contributed by atoms with Gasteiger partial charge in [0.1, 0.15) is 11.5 Å². The van der Waals surface area contributed by atoms with Crippen LogP contribution < -0.4 is 20.1 Å². The minimum atomic E-state index is 0.0595. The van der Waals surface area contributed by atoms with Gasteiger partial charge in [0, 0.05) is 11.1 Å². The number of benzene rings is 2. The van der Waals surface area contributed by atoms with Crippen molar-refractivity contribution in [2.45, 2.75) is 26.9 Å². The average molecular weight is 400 g/mol. The molecule has 146 valence electrons. The molecule has 3 rings (SSSR count). The molecule has 2 aromatic carbocycles. The zero-order chi connectivity index (χ0) is 20.1. The van der Waals surface area contributed by atoms with E-state index in [0.29, 0.717) is 28.2 Å². The predicted molar refractivity (Wildman–Crippen MR) is 111 cm³/mol. The van der Waals surface area contributed by atoms with Crippen LogP contribution in [0.5, 0.6) is 11.5 Å². The van der Waals surface area contributed by atoms with E-state index in [2.05, 4.69) is 25.8 Å². The number of aromatic nitrogens is 3. The zero-order valence-electron chi connectivity index (χ0n) is 16.2. The molecule has 3 aromatic rings. The van der Waals surface area contributed by atoms with Crippen molar-refractivity contribution in [1.82, 2.24) is 15.2 Å². The number of nitrogens with one attached hydrogen (secondary N) is 2. The second-order valence-electron chi connectivity index (χ2n) is 6.38. The van der Waals surface area contributed by atoms with Crippen LogP contribution in [-0.4, -0.2) is 28.4 Å². The summed E-state index contributed by atoms with van der Waals surface area (Å²) in [6.07, 6.45) is 1.60. The fourth-order valence-electron chi connectivity index (χ4n) is 2.53. The van der Waals surface area contributed by atoms with E-state index in [9.17, 15) is 0 Å². The third kappa shape index (κ3) is 4.80. The number of hydrogen-bond donors (Lipinski definition) is 2. The number of halogens is 1. The van der Waals surface area contributed by atoms with Gasteiger partial charge in [-0.05, 0) is 44.5 Å². The van der Waals surface area contributed by atoms with Crippen LogP contribution in [0, 0.1) is 6.92 Å². The first-order valence-corrected chi connectivity index (χ1v) is 9.17. The minimum absolute atomic E-state index is 0.0595. The summed E-state index contributed by atoms with van der Waals surface area (Å²) in [5.41, 5.74) is 2.40. The maximum absolute atomic E-state index is 6.16. The summed E-state index contributed by atoms with van der Waals surface area (Å²) in [6.45, 7) is 5.87. The normalized spacial score (nSPS) is 10.6. The van der Waals surface area contributed by atoms with Crippen molar-refractivity contribution in [3.63, 3.8) is 0 Å². The monoisotopic (exact) mass is 399 g/mol. The quantitative estimate of drug-likeness (QED) is 0.570. The van der Waals surface area contributed by atoms with Crippen LogP contribution in [-0.2, 0) is 0 Å². The largest absolute Gasteiger partial charge is 0.495 e. The SMILES string of the molecule is COc1cc(Cl)c(C)cc1Nc1nncc(Nc2ccccc2OC(C)C)n1. The number of ether oxygens (including phenoxy) is 2. The molecule has 2 N–H and O–H groups in total. The van der Waals surface area contributed by atoms with Crippen molar-refractivity contribution in [3.05, 3.63) is 53.2 Å². The van der Waals surface area contributed by atoms with Crippen molar-refractivity contribution in [2.24, 2.45) is 0 Å². The molecule has 0 saturated heterocycles. The van der Waals surface area contributed by atoms with Crippen LogP contribution in [0.4, 0.5) is 23.1 Å². The summed E-state index contributed by atoms with van der Waals surface area (Å²) in [7, 11) is 1.58. The molecule has 0 aliphatic rings. The van der Waals surface area contributed by atoms with E-state index in [1.807, 2.05) is 51.1 Å². The van der Waals surface area contributed by atoms with Gasteiger partial charge in [-0.15, -0.1) is 5.10 Å². The predicted octanol–water partition coefficient (Wildman–Crippen LogP) is 5.12. The third-order valence-electron chi connectivity index (χ3n) is 3.80. The maximum Gasteiger partial charge on any atom is 0.249 e. The van der Waals surface area contributed by atoms with Gasteiger partial charge in [0.25, 0.3) is 0 Å². The van der Waals surface area contributed by atoms with E-state index < -0.39 is 0 Å². The molecule has 1 aromatic heterocycles. The molecule has 8 heteroatoms. The summed E-state index contributed by atoms with van der Waals surface area (Å²) >= 11 is 6.16. The molecule has 1 heterocycles. The van der Waals surface area contributed by atoms with Crippen molar-refractivity contribution in [1.29, 1.82) is 0 Å². The second-order valence-corrected chi connectivity index (χ2v) is 6.79. The fourth-order valence-corrected chi connectivity index (χ4v) is 2.69. The molecule has 0 fully saturated rings. The number of nitrogens with zero attached hydrogens (tertiary/aromatic N) is 3. The molecule has 0 bridgehead atoms. The molecule has 0 aliphatic carbocycles. The van der Waals surface area contributed by atoms with Gasteiger partial charge in [0.05, 0.1) is 30.8 Å². The molecule has 0 radical (unpaired) electrons. The molecule has 28 heavy (non-hydrogen) atoms. The Bertz CT molecular complexity index is 965. The summed E-state index contributed by atoms with van der Waals surface area (Å²) in [5.74, 6) is 2.18. The number of hydrogen-bond acceptors (Lipinski definition) is 7. The van der Waals surface area contributed by atoms with Crippen LogP contribution in [0.2, 0.25) is 5.02 Å². The fraction of sp³-hybridized carbons (Fsp3) is 0.250. The van der Waals surface area contributed by atoms with E-state index in [-0.39, 0.29) is 6.10 Å². The summed E-state index contributed by atoms with van der Waals surface area (Å²) < 4.78 is 11.2. The second kappa shape index (κ2) is 8.75. The lowest BCUT2D eigenvalue weighted by Crippen LogP contribution is -2.08. The molecule has 0 aliphatic heterocycles. The Labute approximate surface area is 169 Å². The van der Waals surface area contributed by atoms with Crippen LogP contribution in [0.3, 0.4) is 0 Å². The van der Waals surface area contributed by atoms with Crippen molar-refractivity contribution < 1.29 is 9.47 Å². The lowest BCUT2D eigenvalue weighted by molar-refractivity contribution is 0.244. The number of aryl methyl sites for hydroxylation is 1. The first-order chi connectivity index (χ1) is 13.5. The van der Waals surface area contributed by atoms with Crippen LogP contribution >= 0.6 is 11.6 Å². The number of anilines is 4. The first kappa shape index (κ1) is 19.7. The molecule has 0 spiro atoms. The number of rotatable bonds is 7. The smallest absolute Gasteiger partial charge is 0.249 e. The standard InChI is InChI=1S/C20H22ClN5O2/c1-12(2)28-17-8-6-5-7-15(17)23-19-11-22-26-20(25-19)24-16-9-13(3)14(21)10-18(16)27-4/h5-12H,1-4H3,(H2,23,24,25,26). The molecule has 0 amide bonds. The van der Waals surface area contributed by atoms with Gasteiger partial charge in [-0.3, -0.25) is 0 Å². The van der Waals surface area contributed by atoms with Gasteiger partial charge < -0.3 is 20.1 Å². The first-order valence-electron chi connectivity index (χ1n) is 8.80. The molecule has 0 atom stereocenters. The summed E-state index contributed by atoms with van der Waals surface area (Å²) in [4.78, 5) is 4.47. The number of methoxy groups -OCH3 is 1. The Balaban J connectivity index is 1.84. The molecule has 0 unspecified atom stereocenters. The summed E-state index contributed by atoms with van der Waals surface area (Å²) in [6, 6.07) is 11.3. The van der Waals surface area contributed by atoms with Gasteiger partial charge in [-0.25, -0.2) is 0 Å². The highest BCUT2D eigenvalue weighted by molar-refractivity contribution is 6.31. The van der Waals surface area contributed by atoms with Gasteiger partial charge in [0.15, 0.2) is 5.82 Å². The minimum Gasteiger partial charge on any atom is -0.495 e. The van der Waals surface area contributed by atoms with Crippen LogP contribution in [0.25, 0.3) is 0 Å². The van der Waals surface area contributed by atoms with E-state index in [1.165, 1.54) is 0 Å². The Hall–Kier alpha value is -3.06. The highest BCUT2D eigenvalue weighted by atomic mass is 35.5. The Morgan fingerprint density at radius 1 is 1.04 bits per heavy atom. The zero-order valence-corrected chi connectivity index (χ0v) is 16.9. The molecular weight excluding hydrogens is 378 g/mol. The van der Waals surface area contributed by atoms with Crippen molar-refractivity contribution in [3.8, 4) is 11.5 Å². The third-order valence-corrected chi connectivity index (χ3v) is 4.21. The lowest BCUT2D eigenvalue weighted by atomic mass is 10.2. The average Bonchev–Trinajstić information content (AvgIpc) is 2.66. The van der Waals surface area contributed by atoms with Gasteiger partial charge in [-0.1, -0.05) is 23.7 Å². The van der Waals surface area contributed by atoms with Crippen LogP contribution in [0.15, 0.2) is 42.6 Å². The van der Waals surface area contributed by atoms with Crippen molar-refractivity contribution in [2.75, 3.05) is 17.7 Å². The highest BCUT2D eigenvalue weighted by Crippen LogP contribution is 2.33. The van der Waals surface area contributed by atoms with Crippen LogP contribution in [0.1, 0.15) is 19.4 Å². The van der Waals surface area contributed by atoms with Gasteiger partial charge >= 0.3 is 0 Å². The number of para-hydroxylation sites is 2. The Morgan fingerprint density at radius 2 is 1.82 bits per heavy atom. The Kier molecular flexibility index (Phi) is 6.16. The van der Waals surface area contributed by atoms with E-state index in [1.54, 1.807) is 19.4 Å². The maximum atomic E-state index is 6.16. The van der Waals surface area contributed by atoms with E-state index in [0.717, 1.165) is 17.0 Å². The van der Waals surface area contributed by atoms with Crippen molar-refractivity contribution >= 4 is 34.7 Å². The van der Waals surface area contributed by atoms with E-state index in [4.69, 9.17) is 21.1 Å². The van der Waals surface area contributed by atoms with E-state index >= 15 is 0 Å².